The van der Waals surface area contributed by atoms with Crippen molar-refractivity contribution in [2.75, 3.05) is 11.9 Å². The topological polar surface area (TPSA) is 77.0 Å². The van der Waals surface area contributed by atoms with E-state index < -0.39 is 0 Å². The first-order chi connectivity index (χ1) is 15.2. The van der Waals surface area contributed by atoms with E-state index in [1.54, 1.807) is 0 Å². The van der Waals surface area contributed by atoms with E-state index in [1.165, 1.54) is 51.4 Å². The van der Waals surface area contributed by atoms with Crippen LogP contribution in [0.3, 0.4) is 0 Å². The van der Waals surface area contributed by atoms with Gasteiger partial charge in [-0.15, -0.1) is 0 Å². The van der Waals surface area contributed by atoms with Gasteiger partial charge in [0.2, 0.25) is 5.89 Å². The summed E-state index contributed by atoms with van der Waals surface area (Å²) in [6, 6.07) is 10.6. The molecule has 4 aliphatic carbocycles. The third kappa shape index (κ3) is 3.10. The first-order valence-corrected chi connectivity index (χ1v) is 11.9. The van der Waals surface area contributed by atoms with Crippen LogP contribution in [0.2, 0.25) is 0 Å². The normalized spacial score (nSPS) is 29.5. The Hall–Kier alpha value is -2.63. The van der Waals surface area contributed by atoms with E-state index in [9.17, 15) is 0 Å². The van der Waals surface area contributed by atoms with Crippen LogP contribution in [-0.2, 0) is 5.41 Å². The van der Waals surface area contributed by atoms with Crippen LogP contribution in [-0.4, -0.2) is 21.8 Å². The number of hydrogen-bond acceptors (Lipinski definition) is 6. The molecule has 0 aliphatic heterocycles. The van der Waals surface area contributed by atoms with Gasteiger partial charge in [0.1, 0.15) is 0 Å². The molecule has 0 radical (unpaired) electrons. The van der Waals surface area contributed by atoms with Gasteiger partial charge < -0.3 is 14.4 Å². The lowest BCUT2D eigenvalue weighted by Crippen LogP contribution is -2.24. The van der Waals surface area contributed by atoms with Crippen molar-refractivity contribution < 1.29 is 9.05 Å². The standard InChI is InChI=1S/C25H28N4O2/c1-2-18(21-13-20(28-30-21)16-4-5-16)12-19(3-1)26-15-24-8-10-25(14-24,11-9-24)23-27-22(29-31-23)17-6-7-17/h1-3,12-13,16-17,26H,4-11,14-15H2. The minimum absolute atomic E-state index is 0.114. The Bertz CT molecular complexity index is 1120. The zero-order chi connectivity index (χ0) is 20.5. The molecule has 4 fully saturated rings. The maximum Gasteiger partial charge on any atom is 0.232 e. The first-order valence-electron chi connectivity index (χ1n) is 11.9. The fraction of sp³-hybridized carbons (Fsp3) is 0.560. The van der Waals surface area contributed by atoms with Crippen molar-refractivity contribution in [3.05, 3.63) is 47.7 Å². The second-order valence-electron chi connectivity index (χ2n) is 10.5. The summed E-state index contributed by atoms with van der Waals surface area (Å²) < 4.78 is 11.4. The van der Waals surface area contributed by atoms with Gasteiger partial charge in [0, 0.05) is 35.7 Å². The molecule has 31 heavy (non-hydrogen) atoms. The third-order valence-electron chi connectivity index (χ3n) is 8.16. The van der Waals surface area contributed by atoms with Gasteiger partial charge in [0.15, 0.2) is 11.6 Å². The maximum absolute atomic E-state index is 5.77. The SMILES string of the molecule is c1cc(NCC23CCC(c4nc(C5CC5)no4)(CC2)C3)cc(-c2cc(C3CC3)no2)c1. The van der Waals surface area contributed by atoms with Crippen molar-refractivity contribution in [2.24, 2.45) is 5.41 Å². The van der Waals surface area contributed by atoms with Crippen LogP contribution >= 0.6 is 0 Å². The highest BCUT2D eigenvalue weighted by atomic mass is 16.5. The lowest BCUT2D eigenvalue weighted by molar-refractivity contribution is 0.272. The fourth-order valence-corrected chi connectivity index (χ4v) is 5.89. The molecule has 0 atom stereocenters. The Morgan fingerprint density at radius 2 is 1.77 bits per heavy atom. The summed E-state index contributed by atoms with van der Waals surface area (Å²) in [4.78, 5) is 4.82. The van der Waals surface area contributed by atoms with Crippen molar-refractivity contribution in [3.63, 3.8) is 0 Å². The summed E-state index contributed by atoms with van der Waals surface area (Å²) in [6.07, 6.45) is 10.9. The molecule has 1 aromatic carbocycles. The van der Waals surface area contributed by atoms with Crippen LogP contribution in [0.15, 0.2) is 39.4 Å². The van der Waals surface area contributed by atoms with Gasteiger partial charge in [-0.25, -0.2) is 0 Å². The van der Waals surface area contributed by atoms with Gasteiger partial charge >= 0.3 is 0 Å². The smallest absolute Gasteiger partial charge is 0.232 e. The Kier molecular flexibility index (Phi) is 3.74. The lowest BCUT2D eigenvalue weighted by Gasteiger charge is -2.27. The predicted molar refractivity (Wildman–Crippen MR) is 116 cm³/mol. The molecule has 160 valence electrons. The molecule has 2 aromatic heterocycles. The number of nitrogens with zero attached hydrogens (tertiary/aromatic N) is 3. The number of benzene rings is 1. The first kappa shape index (κ1) is 18.0. The minimum Gasteiger partial charge on any atom is -0.384 e. The summed E-state index contributed by atoms with van der Waals surface area (Å²) in [7, 11) is 0. The van der Waals surface area contributed by atoms with E-state index in [1.807, 2.05) is 0 Å². The molecule has 7 rings (SSSR count). The van der Waals surface area contributed by atoms with Crippen molar-refractivity contribution in [1.82, 2.24) is 15.3 Å². The quantitative estimate of drug-likeness (QED) is 0.525. The number of aromatic nitrogens is 3. The van der Waals surface area contributed by atoms with Gasteiger partial charge in [-0.2, -0.15) is 4.98 Å². The summed E-state index contributed by atoms with van der Waals surface area (Å²) in [5.74, 6) is 3.89. The zero-order valence-corrected chi connectivity index (χ0v) is 17.8. The van der Waals surface area contributed by atoms with Crippen molar-refractivity contribution >= 4 is 5.69 Å². The molecule has 4 aliphatic rings. The molecule has 4 saturated carbocycles. The Morgan fingerprint density at radius 3 is 2.58 bits per heavy atom. The monoisotopic (exact) mass is 416 g/mol. The van der Waals surface area contributed by atoms with Crippen LogP contribution in [0.4, 0.5) is 5.69 Å². The van der Waals surface area contributed by atoms with Crippen LogP contribution in [0, 0.1) is 5.41 Å². The molecule has 0 saturated heterocycles. The van der Waals surface area contributed by atoms with Crippen molar-refractivity contribution in [1.29, 1.82) is 0 Å². The Balaban J connectivity index is 1.05. The van der Waals surface area contributed by atoms with Crippen LogP contribution in [0.5, 0.6) is 0 Å². The van der Waals surface area contributed by atoms with Crippen LogP contribution in [0.25, 0.3) is 11.3 Å². The van der Waals surface area contributed by atoms with E-state index in [4.69, 9.17) is 14.0 Å². The number of fused-ring (bicyclic) bond motifs is 2. The average molecular weight is 417 g/mol. The second kappa shape index (κ2) is 6.44. The largest absolute Gasteiger partial charge is 0.384 e. The van der Waals surface area contributed by atoms with Gasteiger partial charge in [0.05, 0.1) is 11.1 Å². The van der Waals surface area contributed by atoms with Gasteiger partial charge in [-0.3, -0.25) is 0 Å². The van der Waals surface area contributed by atoms with Gasteiger partial charge in [-0.1, -0.05) is 22.4 Å². The maximum atomic E-state index is 5.77. The summed E-state index contributed by atoms with van der Waals surface area (Å²) >= 11 is 0. The summed E-state index contributed by atoms with van der Waals surface area (Å²) in [5, 5.41) is 12.3. The number of hydrogen-bond donors (Lipinski definition) is 1. The molecule has 0 spiro atoms. The van der Waals surface area contributed by atoms with Crippen molar-refractivity contribution in [2.45, 2.75) is 75.0 Å². The van der Waals surface area contributed by atoms with E-state index in [0.717, 1.165) is 47.4 Å². The average Bonchev–Trinajstić information content (AvgIpc) is 3.64. The van der Waals surface area contributed by atoms with Gasteiger partial charge in [0.25, 0.3) is 0 Å². The second-order valence-corrected chi connectivity index (χ2v) is 10.5. The summed E-state index contributed by atoms with van der Waals surface area (Å²) in [5.41, 5.74) is 3.78. The molecular weight excluding hydrogens is 388 g/mol. The van der Waals surface area contributed by atoms with E-state index in [0.29, 0.717) is 17.3 Å². The van der Waals surface area contributed by atoms with Crippen molar-refractivity contribution in [3.8, 4) is 11.3 Å². The van der Waals surface area contributed by atoms with Crippen LogP contribution < -0.4 is 5.32 Å². The van der Waals surface area contributed by atoms with E-state index in [-0.39, 0.29) is 5.41 Å². The lowest BCUT2D eigenvalue weighted by atomic mass is 9.82. The Labute approximate surface area is 181 Å². The summed E-state index contributed by atoms with van der Waals surface area (Å²) in [6.45, 7) is 0.992. The molecule has 2 heterocycles. The number of anilines is 1. The minimum atomic E-state index is 0.114. The van der Waals surface area contributed by atoms with E-state index >= 15 is 0 Å². The van der Waals surface area contributed by atoms with Crippen LogP contribution in [0.1, 0.15) is 87.0 Å². The highest BCUT2D eigenvalue weighted by Crippen LogP contribution is 2.62. The molecule has 0 amide bonds. The molecule has 3 aromatic rings. The highest BCUT2D eigenvalue weighted by molar-refractivity contribution is 5.64. The number of rotatable bonds is 7. The number of nitrogens with one attached hydrogen (secondary N) is 1. The third-order valence-corrected chi connectivity index (χ3v) is 8.16. The molecule has 6 nitrogen and oxygen atoms in total. The van der Waals surface area contributed by atoms with Gasteiger partial charge in [-0.05, 0) is 75.3 Å². The molecule has 0 unspecified atom stereocenters. The zero-order valence-electron chi connectivity index (χ0n) is 17.8. The van der Waals surface area contributed by atoms with E-state index in [2.05, 4.69) is 46.0 Å². The molecule has 1 N–H and O–H groups in total. The molecular formula is C25H28N4O2. The predicted octanol–water partition coefficient (Wildman–Crippen LogP) is 5.79. The molecule has 6 heteroatoms. The highest BCUT2D eigenvalue weighted by Gasteiger charge is 2.57. The Morgan fingerprint density at radius 1 is 0.935 bits per heavy atom. The fourth-order valence-electron chi connectivity index (χ4n) is 5.89. The molecule has 2 bridgehead atoms.